The number of hydrogen-bond acceptors (Lipinski definition) is 2. The molecule has 2 heteroatoms. The van der Waals surface area contributed by atoms with E-state index in [1.54, 1.807) is 0 Å². The fourth-order valence-corrected chi connectivity index (χ4v) is 5.06. The highest BCUT2D eigenvalue weighted by atomic mass is 16.3. The molecule has 0 fully saturated rings. The number of phenols is 1. The van der Waals surface area contributed by atoms with Gasteiger partial charge in [-0.25, -0.2) is 0 Å². The molecule has 0 saturated carbocycles. The SMILES string of the molecule is CCCCc1ccc(CN(CC)c2cc(C)ccc2[C@@H]2CCc3cc(O)ccc3C2)cc1. The van der Waals surface area contributed by atoms with Crippen LogP contribution in [0.2, 0.25) is 0 Å². The van der Waals surface area contributed by atoms with Gasteiger partial charge in [-0.05, 0) is 103 Å². The van der Waals surface area contributed by atoms with Gasteiger partial charge in [0.25, 0.3) is 0 Å². The summed E-state index contributed by atoms with van der Waals surface area (Å²) in [7, 11) is 0. The first kappa shape index (κ1) is 22.5. The lowest BCUT2D eigenvalue weighted by Crippen LogP contribution is -2.25. The number of aryl methyl sites for hydroxylation is 3. The second-order valence-electron chi connectivity index (χ2n) is 9.39. The average molecular weight is 428 g/mol. The zero-order chi connectivity index (χ0) is 22.5. The van der Waals surface area contributed by atoms with E-state index >= 15 is 0 Å². The van der Waals surface area contributed by atoms with Gasteiger partial charge in [-0.2, -0.15) is 0 Å². The van der Waals surface area contributed by atoms with E-state index in [1.807, 2.05) is 12.1 Å². The van der Waals surface area contributed by atoms with E-state index in [0.29, 0.717) is 11.7 Å². The highest BCUT2D eigenvalue weighted by Gasteiger charge is 2.24. The summed E-state index contributed by atoms with van der Waals surface area (Å²) in [6.45, 7) is 8.65. The molecule has 0 spiro atoms. The summed E-state index contributed by atoms with van der Waals surface area (Å²) in [6, 6.07) is 22.1. The third-order valence-electron chi connectivity index (χ3n) is 6.98. The molecule has 3 aromatic carbocycles. The van der Waals surface area contributed by atoms with Crippen molar-refractivity contribution in [3.8, 4) is 5.75 Å². The number of nitrogens with zero attached hydrogens (tertiary/aromatic N) is 1. The molecule has 1 N–H and O–H groups in total. The van der Waals surface area contributed by atoms with Crippen LogP contribution in [0.15, 0.2) is 60.7 Å². The number of phenolic OH excluding ortho intramolecular Hbond substituents is 1. The van der Waals surface area contributed by atoms with Crippen LogP contribution in [0, 0.1) is 6.92 Å². The summed E-state index contributed by atoms with van der Waals surface area (Å²) in [4.78, 5) is 2.54. The maximum Gasteiger partial charge on any atom is 0.115 e. The summed E-state index contributed by atoms with van der Waals surface area (Å²) in [5.74, 6) is 0.907. The van der Waals surface area contributed by atoms with E-state index in [4.69, 9.17) is 0 Å². The van der Waals surface area contributed by atoms with Crippen molar-refractivity contribution in [3.05, 3.63) is 94.0 Å². The van der Waals surface area contributed by atoms with E-state index in [9.17, 15) is 5.11 Å². The van der Waals surface area contributed by atoms with Crippen LogP contribution in [0.25, 0.3) is 0 Å². The minimum Gasteiger partial charge on any atom is -0.508 e. The fourth-order valence-electron chi connectivity index (χ4n) is 5.06. The van der Waals surface area contributed by atoms with Crippen LogP contribution >= 0.6 is 0 Å². The van der Waals surface area contributed by atoms with E-state index in [2.05, 4.69) is 74.2 Å². The van der Waals surface area contributed by atoms with Crippen LogP contribution in [0.4, 0.5) is 5.69 Å². The van der Waals surface area contributed by atoms with Crippen LogP contribution in [0.1, 0.15) is 72.4 Å². The monoisotopic (exact) mass is 427 g/mol. The van der Waals surface area contributed by atoms with Gasteiger partial charge in [0, 0.05) is 18.8 Å². The summed E-state index contributed by atoms with van der Waals surface area (Å²) < 4.78 is 0. The molecular weight excluding hydrogens is 390 g/mol. The Bertz CT molecular complexity index is 1040. The average Bonchev–Trinajstić information content (AvgIpc) is 2.81. The Labute approximate surface area is 193 Å². The fraction of sp³-hybridized carbons (Fsp3) is 0.400. The molecular formula is C30H37NO. The van der Waals surface area contributed by atoms with Crippen LogP contribution in [-0.2, 0) is 25.8 Å². The Balaban J connectivity index is 1.57. The molecule has 0 bridgehead atoms. The number of fused-ring (bicyclic) bond motifs is 1. The second-order valence-corrected chi connectivity index (χ2v) is 9.39. The van der Waals surface area contributed by atoms with Crippen LogP contribution in [0.3, 0.4) is 0 Å². The van der Waals surface area contributed by atoms with Crippen LogP contribution in [-0.4, -0.2) is 11.7 Å². The molecule has 0 radical (unpaired) electrons. The first-order chi connectivity index (χ1) is 15.6. The van der Waals surface area contributed by atoms with E-state index in [-0.39, 0.29) is 0 Å². The maximum atomic E-state index is 9.84. The lowest BCUT2D eigenvalue weighted by Gasteiger charge is -2.32. The van der Waals surface area contributed by atoms with Gasteiger partial charge < -0.3 is 10.0 Å². The van der Waals surface area contributed by atoms with Gasteiger partial charge >= 0.3 is 0 Å². The van der Waals surface area contributed by atoms with Crippen molar-refractivity contribution in [2.75, 3.05) is 11.4 Å². The minimum atomic E-state index is 0.385. The predicted molar refractivity (Wildman–Crippen MR) is 136 cm³/mol. The van der Waals surface area contributed by atoms with E-state index in [0.717, 1.165) is 32.4 Å². The molecule has 0 unspecified atom stereocenters. The molecule has 0 aliphatic heterocycles. The lowest BCUT2D eigenvalue weighted by molar-refractivity contribution is 0.472. The molecule has 3 aromatic rings. The van der Waals surface area contributed by atoms with Crippen molar-refractivity contribution in [1.82, 2.24) is 0 Å². The largest absolute Gasteiger partial charge is 0.508 e. The molecule has 0 saturated heterocycles. The Morgan fingerprint density at radius 1 is 0.906 bits per heavy atom. The van der Waals surface area contributed by atoms with Crippen molar-refractivity contribution >= 4 is 5.69 Å². The Morgan fingerprint density at radius 2 is 1.69 bits per heavy atom. The summed E-state index contributed by atoms with van der Waals surface area (Å²) >= 11 is 0. The standard InChI is InChI=1S/C30H37NO/c1-4-6-7-23-9-11-24(12-10-23)21-31(5-2)30-18-22(3)8-17-29(30)27-14-13-26-20-28(32)16-15-25(26)19-27/h8-12,15-18,20,27,32H,4-7,13-14,19,21H2,1-3H3/t27-/m1/s1. The van der Waals surface area contributed by atoms with Crippen molar-refractivity contribution in [3.63, 3.8) is 0 Å². The highest BCUT2D eigenvalue weighted by molar-refractivity contribution is 5.58. The van der Waals surface area contributed by atoms with Gasteiger partial charge in [-0.3, -0.25) is 0 Å². The summed E-state index contributed by atoms with van der Waals surface area (Å²) in [6.07, 6.45) is 6.90. The van der Waals surface area contributed by atoms with Gasteiger partial charge in [-0.1, -0.05) is 55.8 Å². The molecule has 32 heavy (non-hydrogen) atoms. The number of hydrogen-bond donors (Lipinski definition) is 1. The molecule has 0 aromatic heterocycles. The number of benzene rings is 3. The summed E-state index contributed by atoms with van der Waals surface area (Å²) in [5.41, 5.74) is 9.69. The molecule has 1 aliphatic rings. The molecule has 1 atom stereocenters. The van der Waals surface area contributed by atoms with Gasteiger partial charge in [0.2, 0.25) is 0 Å². The lowest BCUT2D eigenvalue weighted by atomic mass is 9.79. The third kappa shape index (κ3) is 5.18. The van der Waals surface area contributed by atoms with Gasteiger partial charge in [0.1, 0.15) is 5.75 Å². The number of aromatic hydroxyl groups is 1. The number of unbranched alkanes of at least 4 members (excludes halogenated alkanes) is 1. The first-order valence-corrected chi connectivity index (χ1v) is 12.3. The normalized spacial score (nSPS) is 15.4. The third-order valence-corrected chi connectivity index (χ3v) is 6.98. The van der Waals surface area contributed by atoms with Crippen molar-refractivity contribution in [2.45, 2.75) is 71.8 Å². The Hall–Kier alpha value is -2.74. The predicted octanol–water partition coefficient (Wildman–Crippen LogP) is 7.34. The minimum absolute atomic E-state index is 0.385. The van der Waals surface area contributed by atoms with E-state index in [1.165, 1.54) is 58.3 Å². The Kier molecular flexibility index (Phi) is 7.19. The first-order valence-electron chi connectivity index (χ1n) is 12.3. The summed E-state index contributed by atoms with van der Waals surface area (Å²) in [5, 5.41) is 9.84. The van der Waals surface area contributed by atoms with Crippen molar-refractivity contribution < 1.29 is 5.11 Å². The Morgan fingerprint density at radius 3 is 2.44 bits per heavy atom. The van der Waals surface area contributed by atoms with Gasteiger partial charge in [0.15, 0.2) is 0 Å². The topological polar surface area (TPSA) is 23.5 Å². The van der Waals surface area contributed by atoms with Crippen LogP contribution in [0.5, 0.6) is 5.75 Å². The number of rotatable bonds is 8. The zero-order valence-corrected chi connectivity index (χ0v) is 19.9. The molecule has 2 nitrogen and oxygen atoms in total. The van der Waals surface area contributed by atoms with Crippen molar-refractivity contribution in [2.24, 2.45) is 0 Å². The molecule has 0 heterocycles. The molecule has 1 aliphatic carbocycles. The zero-order valence-electron chi connectivity index (χ0n) is 19.9. The quantitative estimate of drug-likeness (QED) is 0.406. The molecule has 168 valence electrons. The van der Waals surface area contributed by atoms with Gasteiger partial charge in [0.05, 0.1) is 0 Å². The second kappa shape index (κ2) is 10.3. The highest BCUT2D eigenvalue weighted by Crippen LogP contribution is 2.39. The maximum absolute atomic E-state index is 9.84. The van der Waals surface area contributed by atoms with Gasteiger partial charge in [-0.15, -0.1) is 0 Å². The van der Waals surface area contributed by atoms with Crippen molar-refractivity contribution in [1.29, 1.82) is 0 Å². The van der Waals surface area contributed by atoms with Crippen LogP contribution < -0.4 is 4.90 Å². The molecule has 0 amide bonds. The smallest absolute Gasteiger partial charge is 0.115 e. The molecule has 4 rings (SSSR count). The number of anilines is 1. The van der Waals surface area contributed by atoms with E-state index < -0.39 is 0 Å².